The van der Waals surface area contributed by atoms with E-state index in [1.54, 1.807) is 43.5 Å². The van der Waals surface area contributed by atoms with Gasteiger partial charge >= 0.3 is 5.97 Å². The lowest BCUT2D eigenvalue weighted by Crippen LogP contribution is -2.02. The van der Waals surface area contributed by atoms with Crippen molar-refractivity contribution in [3.63, 3.8) is 0 Å². The molecule has 2 heterocycles. The van der Waals surface area contributed by atoms with Crippen molar-refractivity contribution in [3.8, 4) is 22.9 Å². The van der Waals surface area contributed by atoms with E-state index in [1.165, 1.54) is 17.1 Å². The Labute approximate surface area is 120 Å². The summed E-state index contributed by atoms with van der Waals surface area (Å²) in [4.78, 5) is 11.3. The van der Waals surface area contributed by atoms with E-state index in [4.69, 9.17) is 9.15 Å². The first-order valence-electron chi connectivity index (χ1n) is 6.20. The Kier molecular flexibility index (Phi) is 3.19. The van der Waals surface area contributed by atoms with Gasteiger partial charge in [0.15, 0.2) is 5.76 Å². The summed E-state index contributed by atoms with van der Waals surface area (Å²) in [6.07, 6.45) is 2.80. The number of hydrogen-bond donors (Lipinski definition) is 1. The summed E-state index contributed by atoms with van der Waals surface area (Å²) in [5, 5.41) is 13.4. The first-order chi connectivity index (χ1) is 10.2. The van der Waals surface area contributed by atoms with Gasteiger partial charge in [-0.3, -0.25) is 0 Å². The molecule has 0 atom stereocenters. The van der Waals surface area contributed by atoms with Crippen LogP contribution in [0.3, 0.4) is 0 Å². The van der Waals surface area contributed by atoms with Gasteiger partial charge in [-0.15, -0.1) is 0 Å². The topological polar surface area (TPSA) is 77.5 Å². The van der Waals surface area contributed by atoms with Crippen molar-refractivity contribution in [3.05, 3.63) is 54.4 Å². The van der Waals surface area contributed by atoms with Crippen LogP contribution < -0.4 is 4.74 Å². The molecule has 106 valence electrons. The highest BCUT2D eigenvalue weighted by atomic mass is 16.5. The van der Waals surface area contributed by atoms with E-state index in [1.807, 2.05) is 0 Å². The molecule has 0 bridgehead atoms. The van der Waals surface area contributed by atoms with Crippen LogP contribution >= 0.6 is 0 Å². The van der Waals surface area contributed by atoms with Crippen molar-refractivity contribution in [1.82, 2.24) is 9.78 Å². The van der Waals surface area contributed by atoms with Crippen molar-refractivity contribution in [1.29, 1.82) is 0 Å². The van der Waals surface area contributed by atoms with Crippen LogP contribution in [0.4, 0.5) is 0 Å². The van der Waals surface area contributed by atoms with Gasteiger partial charge in [0.1, 0.15) is 17.0 Å². The number of rotatable bonds is 4. The fourth-order valence-electron chi connectivity index (χ4n) is 2.07. The second-order valence-electron chi connectivity index (χ2n) is 4.30. The Hall–Kier alpha value is -3.02. The Morgan fingerprint density at radius 3 is 2.62 bits per heavy atom. The van der Waals surface area contributed by atoms with Crippen LogP contribution in [-0.4, -0.2) is 28.0 Å². The van der Waals surface area contributed by atoms with Gasteiger partial charge in [0.05, 0.1) is 25.3 Å². The maximum atomic E-state index is 11.3. The number of aromatic carboxylic acids is 1. The summed E-state index contributed by atoms with van der Waals surface area (Å²) in [6, 6.07) is 10.6. The molecule has 6 nitrogen and oxygen atoms in total. The quantitative estimate of drug-likeness (QED) is 0.797. The molecule has 1 aromatic carbocycles. The van der Waals surface area contributed by atoms with Gasteiger partial charge in [-0.1, -0.05) is 0 Å². The van der Waals surface area contributed by atoms with Crippen molar-refractivity contribution < 1.29 is 19.1 Å². The summed E-state index contributed by atoms with van der Waals surface area (Å²) >= 11 is 0. The monoisotopic (exact) mass is 284 g/mol. The first kappa shape index (κ1) is 13.0. The molecule has 0 aliphatic rings. The van der Waals surface area contributed by atoms with Crippen LogP contribution in [0.5, 0.6) is 5.75 Å². The number of hydrogen-bond acceptors (Lipinski definition) is 4. The Balaban J connectivity index is 2.16. The van der Waals surface area contributed by atoms with E-state index in [9.17, 15) is 9.90 Å². The maximum Gasteiger partial charge on any atom is 0.339 e. The van der Waals surface area contributed by atoms with Crippen molar-refractivity contribution in [2.45, 2.75) is 0 Å². The van der Waals surface area contributed by atoms with Crippen molar-refractivity contribution in [2.75, 3.05) is 7.11 Å². The van der Waals surface area contributed by atoms with Crippen LogP contribution in [0.15, 0.2) is 53.3 Å². The number of ether oxygens (including phenoxy) is 1. The van der Waals surface area contributed by atoms with Crippen LogP contribution in [0.25, 0.3) is 17.1 Å². The second kappa shape index (κ2) is 5.16. The second-order valence-corrected chi connectivity index (χ2v) is 4.30. The molecule has 0 unspecified atom stereocenters. The number of carbonyl (C=O) groups is 1. The highest BCUT2D eigenvalue weighted by Gasteiger charge is 2.21. The number of carboxylic acids is 1. The average molecular weight is 284 g/mol. The summed E-state index contributed by atoms with van der Waals surface area (Å²) in [6.45, 7) is 0. The minimum atomic E-state index is -1.05. The molecule has 3 aromatic rings. The number of benzene rings is 1. The Morgan fingerprint density at radius 2 is 2.05 bits per heavy atom. The largest absolute Gasteiger partial charge is 0.497 e. The molecular formula is C15H12N2O4. The Morgan fingerprint density at radius 1 is 1.29 bits per heavy atom. The molecule has 6 heteroatoms. The summed E-state index contributed by atoms with van der Waals surface area (Å²) < 4.78 is 12.0. The lowest BCUT2D eigenvalue weighted by Gasteiger charge is -2.07. The summed E-state index contributed by atoms with van der Waals surface area (Å²) in [5.74, 6) is 0.103. The third-order valence-electron chi connectivity index (χ3n) is 3.07. The molecule has 0 spiro atoms. The zero-order chi connectivity index (χ0) is 14.8. The zero-order valence-electron chi connectivity index (χ0n) is 11.2. The van der Waals surface area contributed by atoms with Gasteiger partial charge < -0.3 is 14.3 Å². The van der Waals surface area contributed by atoms with Gasteiger partial charge in [0, 0.05) is 0 Å². The highest BCUT2D eigenvalue weighted by molar-refractivity contribution is 5.94. The normalized spacial score (nSPS) is 10.5. The molecule has 0 saturated carbocycles. The molecule has 21 heavy (non-hydrogen) atoms. The fraction of sp³-hybridized carbons (Fsp3) is 0.0667. The first-order valence-corrected chi connectivity index (χ1v) is 6.20. The maximum absolute atomic E-state index is 11.3. The van der Waals surface area contributed by atoms with Crippen LogP contribution in [0, 0.1) is 0 Å². The van der Waals surface area contributed by atoms with Crippen LogP contribution in [-0.2, 0) is 0 Å². The average Bonchev–Trinajstić information content (AvgIpc) is 3.16. The van der Waals surface area contributed by atoms with E-state index in [0.29, 0.717) is 17.2 Å². The molecule has 3 rings (SSSR count). The molecule has 0 radical (unpaired) electrons. The van der Waals surface area contributed by atoms with Gasteiger partial charge in [-0.25, -0.2) is 9.48 Å². The number of carboxylic acid groups (broad SMARTS) is 1. The number of aromatic nitrogens is 2. The molecule has 0 amide bonds. The molecule has 0 aliphatic carbocycles. The predicted molar refractivity (Wildman–Crippen MR) is 74.8 cm³/mol. The Bertz CT molecular complexity index is 758. The van der Waals surface area contributed by atoms with Gasteiger partial charge in [0.2, 0.25) is 0 Å². The van der Waals surface area contributed by atoms with E-state index in [2.05, 4.69) is 5.10 Å². The van der Waals surface area contributed by atoms with E-state index >= 15 is 0 Å². The minimum Gasteiger partial charge on any atom is -0.497 e. The standard InChI is InChI=1S/C15H12N2O4/c1-20-11-6-4-10(5-7-11)17-14(13-3-2-8-21-13)12(9-16-17)15(18)19/h2-9H,1H3,(H,18,19). The number of methoxy groups -OCH3 is 1. The summed E-state index contributed by atoms with van der Waals surface area (Å²) in [7, 11) is 1.58. The zero-order valence-corrected chi connectivity index (χ0v) is 11.2. The summed E-state index contributed by atoms with van der Waals surface area (Å²) in [5.41, 5.74) is 1.20. The number of furan rings is 1. The lowest BCUT2D eigenvalue weighted by molar-refractivity contribution is 0.0697. The van der Waals surface area contributed by atoms with Crippen molar-refractivity contribution >= 4 is 5.97 Å². The molecule has 0 aliphatic heterocycles. The van der Waals surface area contributed by atoms with Gasteiger partial charge in [-0.2, -0.15) is 5.10 Å². The molecule has 0 saturated heterocycles. The third kappa shape index (κ3) is 2.27. The predicted octanol–water partition coefficient (Wildman–Crippen LogP) is 2.84. The van der Waals surface area contributed by atoms with E-state index < -0.39 is 5.97 Å². The number of nitrogens with zero attached hydrogens (tertiary/aromatic N) is 2. The van der Waals surface area contributed by atoms with Gasteiger partial charge in [0.25, 0.3) is 0 Å². The molecular weight excluding hydrogens is 272 g/mol. The molecule has 1 N–H and O–H groups in total. The fourth-order valence-corrected chi connectivity index (χ4v) is 2.07. The molecule has 0 fully saturated rings. The highest BCUT2D eigenvalue weighted by Crippen LogP contribution is 2.27. The van der Waals surface area contributed by atoms with Crippen LogP contribution in [0.2, 0.25) is 0 Å². The molecule has 2 aromatic heterocycles. The van der Waals surface area contributed by atoms with Crippen LogP contribution in [0.1, 0.15) is 10.4 Å². The lowest BCUT2D eigenvalue weighted by atomic mass is 10.2. The van der Waals surface area contributed by atoms with E-state index in [-0.39, 0.29) is 5.56 Å². The van der Waals surface area contributed by atoms with E-state index in [0.717, 1.165) is 5.69 Å². The third-order valence-corrected chi connectivity index (χ3v) is 3.07. The van der Waals surface area contributed by atoms with Gasteiger partial charge in [-0.05, 0) is 36.4 Å². The smallest absolute Gasteiger partial charge is 0.339 e. The minimum absolute atomic E-state index is 0.0840. The SMILES string of the molecule is COc1ccc(-n2ncc(C(=O)O)c2-c2ccco2)cc1. The van der Waals surface area contributed by atoms with Crippen molar-refractivity contribution in [2.24, 2.45) is 0 Å².